The van der Waals surface area contributed by atoms with Crippen LogP contribution in [0, 0.1) is 0 Å². The van der Waals surface area contributed by atoms with Crippen LogP contribution in [0.15, 0.2) is 90.0 Å². The fraction of sp³-hybridized carbons (Fsp3) is 0.241. The summed E-state index contributed by atoms with van der Waals surface area (Å²) in [6, 6.07) is 18.8. The monoisotopic (exact) mass is 607 g/mol. The van der Waals surface area contributed by atoms with Gasteiger partial charge in [0.25, 0.3) is 10.0 Å². The molecule has 1 fully saturated rings. The number of anilines is 1. The van der Waals surface area contributed by atoms with Crippen LogP contribution in [0.5, 0.6) is 0 Å². The van der Waals surface area contributed by atoms with Crippen molar-refractivity contribution in [2.75, 3.05) is 4.72 Å². The van der Waals surface area contributed by atoms with Gasteiger partial charge in [0.15, 0.2) is 0 Å². The first-order chi connectivity index (χ1) is 19.8. The second-order valence-electron chi connectivity index (χ2n) is 9.74. The lowest BCUT2D eigenvalue weighted by molar-refractivity contribution is -0.341. The zero-order chi connectivity index (χ0) is 30.1. The molecule has 0 amide bonds. The lowest BCUT2D eigenvalue weighted by Crippen LogP contribution is -2.21. The molecule has 0 spiro atoms. The smallest absolute Gasteiger partial charge is 0.289 e. The predicted octanol–water partition coefficient (Wildman–Crippen LogP) is 7.80. The van der Waals surface area contributed by atoms with Crippen LogP contribution < -0.4 is 4.72 Å². The van der Waals surface area contributed by atoms with Crippen molar-refractivity contribution in [1.29, 1.82) is 0 Å². The van der Waals surface area contributed by atoms with E-state index >= 15 is 0 Å². The Morgan fingerprint density at radius 3 is 2.26 bits per heavy atom. The Kier molecular flexibility index (Phi) is 7.99. The highest BCUT2D eigenvalue weighted by atomic mass is 32.2. The summed E-state index contributed by atoms with van der Waals surface area (Å²) in [5, 5.41) is 0. The highest BCUT2D eigenvalue weighted by Gasteiger charge is 2.38. The first-order valence-corrected chi connectivity index (χ1v) is 14.2. The first kappa shape index (κ1) is 29.5. The maximum Gasteiger partial charge on any atom is 0.522 e. The van der Waals surface area contributed by atoms with Gasteiger partial charge >= 0.3 is 12.5 Å². The van der Waals surface area contributed by atoms with E-state index in [4.69, 9.17) is 0 Å². The van der Waals surface area contributed by atoms with Crippen LogP contribution in [-0.2, 0) is 20.9 Å². The molecule has 4 aromatic rings. The molecule has 6 nitrogen and oxygen atoms in total. The molecule has 1 heterocycles. The molecule has 1 N–H and O–H groups in total. The van der Waals surface area contributed by atoms with E-state index < -0.39 is 40.2 Å². The quantitative estimate of drug-likeness (QED) is 0.217. The van der Waals surface area contributed by atoms with Crippen molar-refractivity contribution in [2.45, 2.75) is 48.7 Å². The van der Waals surface area contributed by atoms with Crippen LogP contribution >= 0.6 is 0 Å². The Morgan fingerprint density at radius 1 is 0.833 bits per heavy atom. The average Bonchev–Trinajstić information content (AvgIpc) is 3.40. The van der Waals surface area contributed by atoms with E-state index in [-0.39, 0.29) is 40.5 Å². The van der Waals surface area contributed by atoms with Crippen LogP contribution in [0.3, 0.4) is 0 Å². The molecule has 13 heteroatoms. The summed E-state index contributed by atoms with van der Waals surface area (Å²) in [6.45, 7) is 0. The number of aromatic nitrogens is 2. The second kappa shape index (κ2) is 11.4. The summed E-state index contributed by atoms with van der Waals surface area (Å²) in [5.74, 6) is -0.699. The third-order valence-corrected chi connectivity index (χ3v) is 8.25. The maximum atomic E-state index is 14.0. The van der Waals surface area contributed by atoms with Crippen molar-refractivity contribution in [3.05, 3.63) is 96.2 Å². The first-order valence-electron chi connectivity index (χ1n) is 12.8. The summed E-state index contributed by atoms with van der Waals surface area (Å²) in [4.78, 5) is 8.24. The van der Waals surface area contributed by atoms with E-state index in [2.05, 4.69) is 19.4 Å². The molecule has 1 aromatic heterocycles. The van der Waals surface area contributed by atoms with Crippen molar-refractivity contribution in [3.8, 4) is 22.4 Å². The molecule has 0 bridgehead atoms. The third-order valence-electron chi connectivity index (χ3n) is 6.91. The van der Waals surface area contributed by atoms with E-state index in [0.29, 0.717) is 17.5 Å². The van der Waals surface area contributed by atoms with Crippen LogP contribution in [-0.4, -0.2) is 30.9 Å². The molecule has 0 unspecified atom stereocenters. The van der Waals surface area contributed by atoms with Crippen LogP contribution in [0.1, 0.15) is 36.3 Å². The predicted molar refractivity (Wildman–Crippen MR) is 143 cm³/mol. The standard InChI is InChI=1S/C29H23F6N3O3S/c30-28(31,32)25-12-5-4-11-23(25)26-24(17-36-27(37-26)38-42(39,40)22-9-2-1-3-10-22)20-8-6-7-18(15-20)19-13-14-21(16-19)41-29(33,34)35/h1-12,15,17,19,21H,13-14,16H2,(H,36,37,38)/t19-,21+/m1/s1. The molecular weight excluding hydrogens is 584 g/mol. The summed E-state index contributed by atoms with van der Waals surface area (Å²) < 4.78 is 112. The summed E-state index contributed by atoms with van der Waals surface area (Å²) in [7, 11) is -4.15. The van der Waals surface area contributed by atoms with Gasteiger partial charge in [-0.25, -0.2) is 23.1 Å². The highest BCUT2D eigenvalue weighted by molar-refractivity contribution is 7.92. The van der Waals surface area contributed by atoms with Crippen molar-refractivity contribution in [3.63, 3.8) is 0 Å². The third kappa shape index (κ3) is 6.73. The zero-order valence-electron chi connectivity index (χ0n) is 21.7. The van der Waals surface area contributed by atoms with Gasteiger partial charge in [-0.3, -0.25) is 4.74 Å². The van der Waals surface area contributed by atoms with Gasteiger partial charge in [0.1, 0.15) is 0 Å². The Hall–Kier alpha value is -3.97. The molecule has 0 aliphatic heterocycles. The molecule has 3 aromatic carbocycles. The Morgan fingerprint density at radius 2 is 1.55 bits per heavy atom. The fourth-order valence-electron chi connectivity index (χ4n) is 5.06. The summed E-state index contributed by atoms with van der Waals surface area (Å²) in [5.41, 5.74) is -0.182. The van der Waals surface area contributed by atoms with Crippen molar-refractivity contribution in [2.24, 2.45) is 0 Å². The molecule has 5 rings (SSSR count). The minimum Gasteiger partial charge on any atom is -0.289 e. The Labute approximate surface area is 237 Å². The van der Waals surface area contributed by atoms with E-state index in [1.54, 1.807) is 30.3 Å². The normalized spacial score (nSPS) is 17.8. The van der Waals surface area contributed by atoms with E-state index in [9.17, 15) is 34.8 Å². The number of halogens is 6. The number of hydrogen-bond acceptors (Lipinski definition) is 5. The zero-order valence-corrected chi connectivity index (χ0v) is 22.5. The van der Waals surface area contributed by atoms with E-state index in [1.165, 1.54) is 48.7 Å². The number of ether oxygens (including phenoxy) is 1. The van der Waals surface area contributed by atoms with Crippen molar-refractivity contribution >= 4 is 16.0 Å². The minimum atomic E-state index is -4.75. The van der Waals surface area contributed by atoms with Gasteiger partial charge in [-0.1, -0.05) is 60.7 Å². The summed E-state index contributed by atoms with van der Waals surface area (Å²) >= 11 is 0. The largest absolute Gasteiger partial charge is 0.522 e. The average molecular weight is 608 g/mol. The number of alkyl halides is 6. The number of hydrogen-bond donors (Lipinski definition) is 1. The van der Waals surface area contributed by atoms with Crippen LogP contribution in [0.4, 0.5) is 32.3 Å². The molecule has 1 aliphatic rings. The molecule has 1 saturated carbocycles. The van der Waals surface area contributed by atoms with Gasteiger partial charge < -0.3 is 0 Å². The fourth-order valence-corrected chi connectivity index (χ4v) is 6.03. The van der Waals surface area contributed by atoms with Gasteiger partial charge in [-0.05, 0) is 54.5 Å². The van der Waals surface area contributed by atoms with Gasteiger partial charge in [0.2, 0.25) is 5.95 Å². The van der Waals surface area contributed by atoms with Crippen LogP contribution in [0.25, 0.3) is 22.4 Å². The van der Waals surface area contributed by atoms with Gasteiger partial charge in [0, 0.05) is 17.3 Å². The van der Waals surface area contributed by atoms with Crippen molar-refractivity contribution in [1.82, 2.24) is 9.97 Å². The number of rotatable bonds is 7. The number of nitrogens with one attached hydrogen (secondary N) is 1. The van der Waals surface area contributed by atoms with Crippen molar-refractivity contribution < 1.29 is 39.5 Å². The highest BCUT2D eigenvalue weighted by Crippen LogP contribution is 2.42. The molecule has 42 heavy (non-hydrogen) atoms. The second-order valence-corrected chi connectivity index (χ2v) is 11.4. The van der Waals surface area contributed by atoms with Gasteiger partial charge in [-0.15, -0.1) is 13.2 Å². The van der Waals surface area contributed by atoms with Crippen LogP contribution in [0.2, 0.25) is 0 Å². The molecule has 0 radical (unpaired) electrons. The topological polar surface area (TPSA) is 81.2 Å². The molecule has 220 valence electrons. The Bertz CT molecular complexity index is 1680. The maximum absolute atomic E-state index is 14.0. The van der Waals surface area contributed by atoms with E-state index in [0.717, 1.165) is 6.07 Å². The molecule has 1 aliphatic carbocycles. The van der Waals surface area contributed by atoms with Gasteiger partial charge in [0.05, 0.1) is 22.3 Å². The molecule has 2 atom stereocenters. The van der Waals surface area contributed by atoms with Gasteiger partial charge in [-0.2, -0.15) is 13.2 Å². The lowest BCUT2D eigenvalue weighted by Gasteiger charge is -2.18. The Balaban J connectivity index is 1.57. The summed E-state index contributed by atoms with van der Waals surface area (Å²) in [6.07, 6.45) is -8.49. The van der Waals surface area contributed by atoms with E-state index in [1.807, 2.05) is 0 Å². The number of nitrogens with zero attached hydrogens (tertiary/aromatic N) is 2. The lowest BCUT2D eigenvalue weighted by atomic mass is 9.92. The molecular formula is C29H23F6N3O3S. The molecule has 0 saturated heterocycles. The number of benzene rings is 3. The minimum absolute atomic E-state index is 0.0908. The SMILES string of the molecule is O=S(=O)(Nc1ncc(-c2cccc([C@@H]3CC[C@H](OC(F)(F)F)C3)c2)c(-c2ccccc2C(F)(F)F)n1)c1ccccc1. The number of sulfonamides is 1.